The monoisotopic (exact) mass is 255 g/mol. The van der Waals surface area contributed by atoms with E-state index in [1.807, 2.05) is 5.38 Å². The van der Waals surface area contributed by atoms with Gasteiger partial charge in [0, 0.05) is 22.1 Å². The third kappa shape index (κ3) is 2.74. The second-order valence-electron chi connectivity index (χ2n) is 3.54. The van der Waals surface area contributed by atoms with Crippen LogP contribution in [0.15, 0.2) is 29.6 Å². The molecular weight excluding hydrogens is 245 g/mol. The number of rotatable bonds is 3. The van der Waals surface area contributed by atoms with Gasteiger partial charge in [-0.05, 0) is 42.1 Å². The molecule has 4 heteroatoms. The molecule has 1 nitrogen and oxygen atoms in total. The predicted octanol–water partition coefficient (Wildman–Crippen LogP) is 4.46. The topological polar surface area (TPSA) is 12.0 Å². The Morgan fingerprint density at radius 2 is 2.19 bits per heavy atom. The van der Waals surface area contributed by atoms with Gasteiger partial charge < -0.3 is 5.32 Å². The maximum absolute atomic E-state index is 13.1. The summed E-state index contributed by atoms with van der Waals surface area (Å²) in [5.41, 5.74) is 1.96. The van der Waals surface area contributed by atoms with E-state index >= 15 is 0 Å². The van der Waals surface area contributed by atoms with E-state index in [4.69, 9.17) is 11.6 Å². The van der Waals surface area contributed by atoms with Crippen LogP contribution in [0.2, 0.25) is 5.02 Å². The van der Waals surface area contributed by atoms with Crippen molar-refractivity contribution in [1.29, 1.82) is 0 Å². The lowest BCUT2D eigenvalue weighted by molar-refractivity contribution is 0.628. The number of thiophene rings is 1. The van der Waals surface area contributed by atoms with Crippen molar-refractivity contribution < 1.29 is 4.39 Å². The summed E-state index contributed by atoms with van der Waals surface area (Å²) in [4.78, 5) is 1.25. The Morgan fingerprint density at radius 1 is 1.38 bits per heavy atom. The van der Waals surface area contributed by atoms with E-state index in [2.05, 4.69) is 18.3 Å². The quantitative estimate of drug-likeness (QED) is 0.854. The molecule has 0 radical (unpaired) electrons. The molecule has 16 heavy (non-hydrogen) atoms. The molecule has 84 valence electrons. The van der Waals surface area contributed by atoms with E-state index in [-0.39, 0.29) is 5.82 Å². The molecule has 0 spiro atoms. The molecule has 2 rings (SSSR count). The molecule has 1 aromatic heterocycles. The van der Waals surface area contributed by atoms with Gasteiger partial charge in [0.2, 0.25) is 0 Å². The Balaban J connectivity index is 2.07. The zero-order valence-corrected chi connectivity index (χ0v) is 10.3. The average molecular weight is 256 g/mol. The number of halogens is 2. The second-order valence-corrected chi connectivity index (χ2v) is 4.98. The van der Waals surface area contributed by atoms with Gasteiger partial charge in [0.1, 0.15) is 5.82 Å². The van der Waals surface area contributed by atoms with Crippen LogP contribution in [-0.2, 0) is 6.54 Å². The van der Waals surface area contributed by atoms with Crippen LogP contribution in [0.3, 0.4) is 0 Å². The van der Waals surface area contributed by atoms with Crippen molar-refractivity contribution in [3.05, 3.63) is 50.9 Å². The maximum Gasteiger partial charge on any atom is 0.126 e. The van der Waals surface area contributed by atoms with Crippen molar-refractivity contribution >= 4 is 28.6 Å². The number of hydrogen-bond acceptors (Lipinski definition) is 2. The highest BCUT2D eigenvalue weighted by atomic mass is 35.5. The van der Waals surface area contributed by atoms with Crippen LogP contribution in [-0.4, -0.2) is 0 Å². The molecule has 1 heterocycles. The Kier molecular flexibility index (Phi) is 3.46. The van der Waals surface area contributed by atoms with Crippen molar-refractivity contribution in [1.82, 2.24) is 0 Å². The Hall–Kier alpha value is -1.06. The molecule has 0 atom stereocenters. The van der Waals surface area contributed by atoms with Crippen LogP contribution in [0.25, 0.3) is 0 Å². The standard InChI is InChI=1S/C12H11ClFNS/c1-8-2-3-16-12(8)7-15-11-5-9(13)4-10(14)6-11/h2-6,15H,7H2,1H3. The normalized spacial score (nSPS) is 10.4. The highest BCUT2D eigenvalue weighted by Gasteiger charge is 2.01. The van der Waals surface area contributed by atoms with Gasteiger partial charge in [-0.15, -0.1) is 11.3 Å². The van der Waals surface area contributed by atoms with Crippen molar-refractivity contribution in [2.45, 2.75) is 13.5 Å². The molecule has 0 fully saturated rings. The van der Waals surface area contributed by atoms with Gasteiger partial charge in [0.15, 0.2) is 0 Å². The summed E-state index contributed by atoms with van der Waals surface area (Å²) in [7, 11) is 0. The van der Waals surface area contributed by atoms with E-state index < -0.39 is 0 Å². The van der Waals surface area contributed by atoms with Crippen LogP contribution < -0.4 is 5.32 Å². The van der Waals surface area contributed by atoms with Gasteiger partial charge in [-0.25, -0.2) is 4.39 Å². The third-order valence-electron chi connectivity index (χ3n) is 2.28. The number of anilines is 1. The first-order valence-electron chi connectivity index (χ1n) is 4.88. The van der Waals surface area contributed by atoms with Crippen LogP contribution in [0, 0.1) is 12.7 Å². The Labute approximate surface area is 103 Å². The molecule has 0 saturated heterocycles. The van der Waals surface area contributed by atoms with Gasteiger partial charge >= 0.3 is 0 Å². The smallest absolute Gasteiger partial charge is 0.126 e. The molecule has 0 amide bonds. The van der Waals surface area contributed by atoms with Crippen molar-refractivity contribution in [2.75, 3.05) is 5.32 Å². The highest BCUT2D eigenvalue weighted by molar-refractivity contribution is 7.10. The number of benzene rings is 1. The molecule has 0 aliphatic carbocycles. The maximum atomic E-state index is 13.1. The second kappa shape index (κ2) is 4.85. The fourth-order valence-corrected chi connectivity index (χ4v) is 2.49. The Bertz CT molecular complexity index is 475. The summed E-state index contributed by atoms with van der Waals surface area (Å²) in [5, 5.41) is 5.61. The lowest BCUT2D eigenvalue weighted by atomic mass is 10.2. The molecule has 0 aliphatic heterocycles. The summed E-state index contributed by atoms with van der Waals surface area (Å²) in [6, 6.07) is 6.52. The lowest BCUT2D eigenvalue weighted by Gasteiger charge is -2.06. The number of hydrogen-bond donors (Lipinski definition) is 1. The average Bonchev–Trinajstić information content (AvgIpc) is 2.59. The summed E-state index contributed by atoms with van der Waals surface area (Å²) >= 11 is 7.45. The van der Waals surface area contributed by atoms with Gasteiger partial charge in [0.25, 0.3) is 0 Å². The SMILES string of the molecule is Cc1ccsc1CNc1cc(F)cc(Cl)c1. The Morgan fingerprint density at radius 3 is 2.81 bits per heavy atom. The molecule has 0 aliphatic rings. The largest absolute Gasteiger partial charge is 0.380 e. The van der Waals surface area contributed by atoms with E-state index in [0.29, 0.717) is 17.3 Å². The number of aryl methyl sites for hydroxylation is 1. The molecule has 0 bridgehead atoms. The summed E-state index contributed by atoms with van der Waals surface area (Å²) in [5.74, 6) is -0.321. The zero-order valence-electron chi connectivity index (χ0n) is 8.76. The number of nitrogens with one attached hydrogen (secondary N) is 1. The minimum atomic E-state index is -0.321. The van der Waals surface area contributed by atoms with Crippen molar-refractivity contribution in [3.8, 4) is 0 Å². The van der Waals surface area contributed by atoms with Gasteiger partial charge in [0.05, 0.1) is 0 Å². The highest BCUT2D eigenvalue weighted by Crippen LogP contribution is 2.21. The molecular formula is C12H11ClFNS. The first-order valence-corrected chi connectivity index (χ1v) is 6.14. The van der Waals surface area contributed by atoms with E-state index in [0.717, 1.165) is 0 Å². The minimum Gasteiger partial charge on any atom is -0.380 e. The minimum absolute atomic E-state index is 0.321. The van der Waals surface area contributed by atoms with E-state index in [1.165, 1.54) is 22.6 Å². The fourth-order valence-electron chi connectivity index (χ4n) is 1.42. The van der Waals surface area contributed by atoms with E-state index in [1.54, 1.807) is 17.4 Å². The van der Waals surface area contributed by atoms with Gasteiger partial charge in [-0.2, -0.15) is 0 Å². The molecule has 0 saturated carbocycles. The van der Waals surface area contributed by atoms with Crippen LogP contribution in [0.4, 0.5) is 10.1 Å². The summed E-state index contributed by atoms with van der Waals surface area (Å²) in [6.07, 6.45) is 0. The zero-order chi connectivity index (χ0) is 11.5. The summed E-state index contributed by atoms with van der Waals surface area (Å²) < 4.78 is 13.1. The molecule has 0 unspecified atom stereocenters. The first kappa shape index (κ1) is 11.4. The first-order chi connectivity index (χ1) is 7.65. The fraction of sp³-hybridized carbons (Fsp3) is 0.167. The van der Waals surface area contributed by atoms with E-state index in [9.17, 15) is 4.39 Å². The third-order valence-corrected chi connectivity index (χ3v) is 3.53. The van der Waals surface area contributed by atoms with Crippen molar-refractivity contribution in [2.24, 2.45) is 0 Å². The lowest BCUT2D eigenvalue weighted by Crippen LogP contribution is -1.99. The molecule has 1 aromatic carbocycles. The summed E-state index contributed by atoms with van der Waals surface area (Å²) in [6.45, 7) is 2.76. The predicted molar refractivity (Wildman–Crippen MR) is 67.8 cm³/mol. The molecule has 2 aromatic rings. The van der Waals surface area contributed by atoms with Gasteiger partial charge in [-0.3, -0.25) is 0 Å². The van der Waals surface area contributed by atoms with Crippen LogP contribution in [0.5, 0.6) is 0 Å². The van der Waals surface area contributed by atoms with Crippen LogP contribution in [0.1, 0.15) is 10.4 Å². The van der Waals surface area contributed by atoms with Crippen molar-refractivity contribution in [3.63, 3.8) is 0 Å². The van der Waals surface area contributed by atoms with Crippen LogP contribution >= 0.6 is 22.9 Å². The van der Waals surface area contributed by atoms with Gasteiger partial charge in [-0.1, -0.05) is 11.6 Å². The molecule has 1 N–H and O–H groups in total.